The van der Waals surface area contributed by atoms with Gasteiger partial charge in [-0.15, -0.1) is 0 Å². The molecule has 2 aliphatic rings. The van der Waals surface area contributed by atoms with Crippen molar-refractivity contribution in [2.24, 2.45) is 5.92 Å². The van der Waals surface area contributed by atoms with Gasteiger partial charge in [-0.1, -0.05) is 35.7 Å². The second-order valence-electron chi connectivity index (χ2n) is 5.44. The molecule has 16 heavy (non-hydrogen) atoms. The van der Waals surface area contributed by atoms with Gasteiger partial charge in [0.1, 0.15) is 0 Å². The summed E-state index contributed by atoms with van der Waals surface area (Å²) in [6.07, 6.45) is 7.78. The summed E-state index contributed by atoms with van der Waals surface area (Å²) in [6, 6.07) is 0. The Morgan fingerprint density at radius 1 is 1.31 bits per heavy atom. The van der Waals surface area contributed by atoms with Gasteiger partial charge in [0.05, 0.1) is 11.7 Å². The van der Waals surface area contributed by atoms with Gasteiger partial charge in [0, 0.05) is 31.4 Å². The smallest absolute Gasteiger partial charge is 0.0826 e. The molecule has 0 radical (unpaired) electrons. The molecule has 0 aromatic carbocycles. The molecule has 0 amide bonds. The zero-order chi connectivity index (χ0) is 11.4. The first-order valence-corrected chi connectivity index (χ1v) is 7.68. The number of hydrogen-bond donors (Lipinski definition) is 0. The molecule has 2 fully saturated rings. The van der Waals surface area contributed by atoms with E-state index in [0.717, 1.165) is 37.3 Å². The second-order valence-corrected chi connectivity index (χ2v) is 6.00. The highest BCUT2D eigenvalue weighted by Crippen LogP contribution is 2.34. The van der Waals surface area contributed by atoms with Gasteiger partial charge < -0.3 is 9.47 Å². The lowest BCUT2D eigenvalue weighted by atomic mass is 9.87. The largest absolute Gasteiger partial charge is 0.381 e. The van der Waals surface area contributed by atoms with Gasteiger partial charge in [-0.3, -0.25) is 0 Å². The summed E-state index contributed by atoms with van der Waals surface area (Å²) in [7, 11) is 0. The predicted octanol–water partition coefficient (Wildman–Crippen LogP) is 3.53. The van der Waals surface area contributed by atoms with Crippen molar-refractivity contribution < 1.29 is 9.47 Å². The Kier molecular flexibility index (Phi) is 4.68. The summed E-state index contributed by atoms with van der Waals surface area (Å²) in [4.78, 5) is 0. The van der Waals surface area contributed by atoms with Gasteiger partial charge in [0.15, 0.2) is 0 Å². The van der Waals surface area contributed by atoms with Crippen molar-refractivity contribution in [3.63, 3.8) is 0 Å². The molecular weight excluding hydrogens is 268 g/mol. The summed E-state index contributed by atoms with van der Waals surface area (Å²) in [5, 5.41) is 0.953. The van der Waals surface area contributed by atoms with E-state index >= 15 is 0 Å². The van der Waals surface area contributed by atoms with Crippen LogP contribution in [0.5, 0.6) is 0 Å². The van der Waals surface area contributed by atoms with Crippen molar-refractivity contribution in [2.45, 2.75) is 57.2 Å². The third-order valence-corrected chi connectivity index (χ3v) is 4.97. The maximum atomic E-state index is 6.41. The molecule has 3 heteroatoms. The number of alkyl halides is 1. The Hall–Kier alpha value is 0.400. The summed E-state index contributed by atoms with van der Waals surface area (Å²) in [5.74, 6) is 0.839. The average molecular weight is 291 g/mol. The van der Waals surface area contributed by atoms with Crippen molar-refractivity contribution in [3.05, 3.63) is 0 Å². The van der Waals surface area contributed by atoms with Crippen LogP contribution in [0.25, 0.3) is 0 Å². The van der Waals surface area contributed by atoms with Crippen LogP contribution in [0.15, 0.2) is 0 Å². The molecule has 2 unspecified atom stereocenters. The number of hydrogen-bond acceptors (Lipinski definition) is 2. The van der Waals surface area contributed by atoms with Crippen LogP contribution >= 0.6 is 15.9 Å². The van der Waals surface area contributed by atoms with E-state index in [0.29, 0.717) is 6.10 Å². The third-order valence-electron chi connectivity index (χ3n) is 3.95. The van der Waals surface area contributed by atoms with E-state index in [1.807, 2.05) is 0 Å². The topological polar surface area (TPSA) is 18.5 Å². The Balaban J connectivity index is 1.89. The Morgan fingerprint density at radius 2 is 2.06 bits per heavy atom. The number of halogens is 1. The van der Waals surface area contributed by atoms with Crippen LogP contribution in [-0.2, 0) is 9.47 Å². The van der Waals surface area contributed by atoms with Crippen LogP contribution in [-0.4, -0.2) is 30.2 Å². The molecule has 1 heterocycles. The molecule has 2 rings (SSSR count). The molecule has 1 aliphatic carbocycles. The molecule has 0 aromatic rings. The minimum absolute atomic E-state index is 0.0555. The van der Waals surface area contributed by atoms with Crippen molar-refractivity contribution in [2.75, 3.05) is 18.5 Å². The molecule has 0 aromatic heterocycles. The Morgan fingerprint density at radius 3 is 2.69 bits per heavy atom. The minimum atomic E-state index is 0.0555. The van der Waals surface area contributed by atoms with Crippen LogP contribution in [0.4, 0.5) is 0 Å². The van der Waals surface area contributed by atoms with Gasteiger partial charge in [-0.2, -0.15) is 0 Å². The third kappa shape index (κ3) is 3.21. The molecule has 2 nitrogen and oxygen atoms in total. The monoisotopic (exact) mass is 290 g/mol. The van der Waals surface area contributed by atoms with Gasteiger partial charge in [0.25, 0.3) is 0 Å². The maximum Gasteiger partial charge on any atom is 0.0826 e. The fourth-order valence-electron chi connectivity index (χ4n) is 2.87. The standard InChI is InChI=1S/C13H23BrO2/c1-11-3-2-4-12(9-11)16-13(10-14)5-7-15-8-6-13/h11-12H,2-10H2,1H3. The van der Waals surface area contributed by atoms with Gasteiger partial charge in [-0.05, 0) is 18.8 Å². The van der Waals surface area contributed by atoms with Gasteiger partial charge >= 0.3 is 0 Å². The summed E-state index contributed by atoms with van der Waals surface area (Å²) in [6.45, 7) is 4.06. The van der Waals surface area contributed by atoms with Crippen molar-refractivity contribution in [3.8, 4) is 0 Å². The lowest BCUT2D eigenvalue weighted by Crippen LogP contribution is -2.44. The quantitative estimate of drug-likeness (QED) is 0.741. The molecular formula is C13H23BrO2. The zero-order valence-electron chi connectivity index (χ0n) is 10.2. The fourth-order valence-corrected chi connectivity index (χ4v) is 3.56. The highest BCUT2D eigenvalue weighted by Gasteiger charge is 2.36. The van der Waals surface area contributed by atoms with Crippen molar-refractivity contribution in [1.29, 1.82) is 0 Å². The van der Waals surface area contributed by atoms with Crippen LogP contribution in [0.1, 0.15) is 45.4 Å². The molecule has 94 valence electrons. The van der Waals surface area contributed by atoms with Gasteiger partial charge in [0.2, 0.25) is 0 Å². The summed E-state index contributed by atoms with van der Waals surface area (Å²) >= 11 is 3.63. The Labute approximate surface area is 107 Å². The minimum Gasteiger partial charge on any atom is -0.381 e. The molecule has 1 aliphatic heterocycles. The normalized spacial score (nSPS) is 34.9. The number of ether oxygens (including phenoxy) is 2. The van der Waals surface area contributed by atoms with Crippen molar-refractivity contribution >= 4 is 15.9 Å². The summed E-state index contributed by atoms with van der Waals surface area (Å²) < 4.78 is 11.8. The lowest BCUT2D eigenvalue weighted by Gasteiger charge is -2.40. The molecule has 0 spiro atoms. The second kappa shape index (κ2) is 5.83. The van der Waals surface area contributed by atoms with E-state index < -0.39 is 0 Å². The van der Waals surface area contributed by atoms with E-state index in [1.165, 1.54) is 25.7 Å². The van der Waals surface area contributed by atoms with Crippen LogP contribution < -0.4 is 0 Å². The highest BCUT2D eigenvalue weighted by atomic mass is 79.9. The summed E-state index contributed by atoms with van der Waals surface area (Å²) in [5.41, 5.74) is 0.0555. The van der Waals surface area contributed by atoms with E-state index in [1.54, 1.807) is 0 Å². The first kappa shape index (κ1) is 12.8. The zero-order valence-corrected chi connectivity index (χ0v) is 11.8. The first-order chi connectivity index (χ1) is 7.74. The highest BCUT2D eigenvalue weighted by molar-refractivity contribution is 9.09. The van der Waals surface area contributed by atoms with Gasteiger partial charge in [-0.25, -0.2) is 0 Å². The molecule has 0 N–H and O–H groups in total. The van der Waals surface area contributed by atoms with E-state index in [-0.39, 0.29) is 5.60 Å². The maximum absolute atomic E-state index is 6.41. The van der Waals surface area contributed by atoms with Crippen LogP contribution in [0.2, 0.25) is 0 Å². The van der Waals surface area contributed by atoms with Crippen molar-refractivity contribution in [1.82, 2.24) is 0 Å². The number of rotatable bonds is 3. The van der Waals surface area contributed by atoms with E-state index in [2.05, 4.69) is 22.9 Å². The lowest BCUT2D eigenvalue weighted by molar-refractivity contribution is -0.140. The average Bonchev–Trinajstić information content (AvgIpc) is 2.30. The van der Waals surface area contributed by atoms with Crippen LogP contribution in [0.3, 0.4) is 0 Å². The predicted molar refractivity (Wildman–Crippen MR) is 69.1 cm³/mol. The first-order valence-electron chi connectivity index (χ1n) is 6.56. The molecule has 1 saturated carbocycles. The fraction of sp³-hybridized carbons (Fsp3) is 1.00. The SMILES string of the molecule is CC1CCCC(OC2(CBr)CCOCC2)C1. The van der Waals surface area contributed by atoms with E-state index in [4.69, 9.17) is 9.47 Å². The van der Waals surface area contributed by atoms with E-state index in [9.17, 15) is 0 Å². The molecule has 1 saturated heterocycles. The molecule has 2 atom stereocenters. The van der Waals surface area contributed by atoms with Crippen LogP contribution in [0, 0.1) is 5.92 Å². The Bertz CT molecular complexity index is 214. The molecule has 0 bridgehead atoms.